The van der Waals surface area contributed by atoms with Gasteiger partial charge in [-0.05, 0) is 25.1 Å². The minimum absolute atomic E-state index is 0.121. The number of nitrogens with one attached hydrogen (secondary N) is 1. The lowest BCUT2D eigenvalue weighted by atomic mass is 10.1. The predicted octanol–water partition coefficient (Wildman–Crippen LogP) is 3.76. The summed E-state index contributed by atoms with van der Waals surface area (Å²) >= 11 is 0. The van der Waals surface area contributed by atoms with Crippen molar-refractivity contribution in [2.45, 2.75) is 13.0 Å². The van der Waals surface area contributed by atoms with Gasteiger partial charge in [0.2, 0.25) is 0 Å². The quantitative estimate of drug-likeness (QED) is 0.903. The first-order valence-electron chi connectivity index (χ1n) is 6.57. The summed E-state index contributed by atoms with van der Waals surface area (Å²) < 4.78 is 13.5. The van der Waals surface area contributed by atoms with Gasteiger partial charge in [-0.25, -0.2) is 9.18 Å². The molecule has 0 fully saturated rings. The molecule has 2 amide bonds. The number of carbonyl (C=O) groups is 1. The molecule has 0 radical (unpaired) electrons. The van der Waals surface area contributed by atoms with Crippen LogP contribution in [0.25, 0.3) is 0 Å². The van der Waals surface area contributed by atoms with Crippen LogP contribution in [0.1, 0.15) is 18.5 Å². The number of urea groups is 1. The summed E-state index contributed by atoms with van der Waals surface area (Å²) in [6.45, 7) is 1.79. The number of carbonyl (C=O) groups excluding carboxylic acids is 1. The van der Waals surface area contributed by atoms with Crippen molar-refractivity contribution in [1.82, 2.24) is 4.90 Å². The summed E-state index contributed by atoms with van der Waals surface area (Å²) in [7, 11) is 1.59. The highest BCUT2D eigenvalue weighted by Crippen LogP contribution is 2.27. The van der Waals surface area contributed by atoms with E-state index < -0.39 is 11.8 Å². The number of halogens is 1. The zero-order valence-corrected chi connectivity index (χ0v) is 11.9. The van der Waals surface area contributed by atoms with E-state index in [0.717, 1.165) is 0 Å². The van der Waals surface area contributed by atoms with Gasteiger partial charge in [0, 0.05) is 12.6 Å². The topological polar surface area (TPSA) is 52.6 Å². The van der Waals surface area contributed by atoms with E-state index in [1.54, 1.807) is 50.4 Å². The van der Waals surface area contributed by atoms with Crippen molar-refractivity contribution in [2.75, 3.05) is 12.4 Å². The van der Waals surface area contributed by atoms with Crippen molar-refractivity contribution in [3.8, 4) is 5.75 Å². The highest BCUT2D eigenvalue weighted by Gasteiger charge is 2.20. The number of rotatable bonds is 3. The molecule has 0 bridgehead atoms. The largest absolute Gasteiger partial charge is 0.508 e. The van der Waals surface area contributed by atoms with Crippen molar-refractivity contribution in [2.24, 2.45) is 0 Å². The number of anilines is 1. The van der Waals surface area contributed by atoms with Gasteiger partial charge in [-0.1, -0.05) is 30.3 Å². The molecular formula is C16H17FN2O2. The van der Waals surface area contributed by atoms with Gasteiger partial charge in [0.15, 0.2) is 0 Å². The van der Waals surface area contributed by atoms with E-state index in [1.165, 1.54) is 17.0 Å². The Kier molecular flexibility index (Phi) is 4.42. The zero-order valence-electron chi connectivity index (χ0n) is 11.9. The molecule has 2 rings (SSSR count). The fourth-order valence-corrected chi connectivity index (χ4v) is 1.99. The number of phenolic OH excluding ortho intramolecular Hbond substituents is 1. The van der Waals surface area contributed by atoms with Crippen LogP contribution in [-0.4, -0.2) is 23.1 Å². The van der Waals surface area contributed by atoms with Gasteiger partial charge in [-0.15, -0.1) is 0 Å². The molecule has 2 aromatic carbocycles. The maximum Gasteiger partial charge on any atom is 0.322 e. The molecule has 0 unspecified atom stereocenters. The van der Waals surface area contributed by atoms with Gasteiger partial charge in [-0.3, -0.25) is 0 Å². The molecule has 5 heteroatoms. The van der Waals surface area contributed by atoms with E-state index in [1.807, 2.05) is 0 Å². The second kappa shape index (κ2) is 6.26. The summed E-state index contributed by atoms with van der Waals surface area (Å²) in [5.41, 5.74) is 0.752. The van der Waals surface area contributed by atoms with Crippen LogP contribution >= 0.6 is 0 Å². The second-order valence-corrected chi connectivity index (χ2v) is 4.76. The Morgan fingerprint density at radius 1 is 1.19 bits per heavy atom. The molecule has 0 aliphatic heterocycles. The van der Waals surface area contributed by atoms with E-state index in [4.69, 9.17) is 0 Å². The molecular weight excluding hydrogens is 271 g/mol. The molecule has 2 aromatic rings. The van der Waals surface area contributed by atoms with Crippen molar-refractivity contribution >= 4 is 11.7 Å². The van der Waals surface area contributed by atoms with Crippen molar-refractivity contribution in [3.63, 3.8) is 0 Å². The van der Waals surface area contributed by atoms with Crippen LogP contribution in [0.4, 0.5) is 14.9 Å². The normalized spacial score (nSPS) is 11.8. The fourth-order valence-electron chi connectivity index (χ4n) is 1.99. The van der Waals surface area contributed by atoms with E-state index in [0.29, 0.717) is 5.56 Å². The highest BCUT2D eigenvalue weighted by atomic mass is 19.1. The summed E-state index contributed by atoms with van der Waals surface area (Å²) in [6.07, 6.45) is 0. The third-order valence-electron chi connectivity index (χ3n) is 3.40. The van der Waals surface area contributed by atoms with Gasteiger partial charge >= 0.3 is 6.03 Å². The summed E-state index contributed by atoms with van der Waals surface area (Å²) in [4.78, 5) is 13.6. The Labute approximate surface area is 122 Å². The van der Waals surface area contributed by atoms with E-state index in [-0.39, 0.29) is 17.5 Å². The van der Waals surface area contributed by atoms with Crippen LogP contribution < -0.4 is 5.32 Å². The number of phenols is 1. The SMILES string of the molecule is C[C@@H](c1ccccc1O)N(C)C(=O)Nc1ccccc1F. The average molecular weight is 288 g/mol. The van der Waals surface area contributed by atoms with Gasteiger partial charge in [0.1, 0.15) is 11.6 Å². The molecule has 0 heterocycles. The molecule has 0 aliphatic rings. The Balaban J connectivity index is 2.13. The van der Waals surface area contributed by atoms with Crippen molar-refractivity contribution in [1.29, 1.82) is 0 Å². The molecule has 4 nitrogen and oxygen atoms in total. The molecule has 0 spiro atoms. The molecule has 2 N–H and O–H groups in total. The molecule has 0 aromatic heterocycles. The number of hydrogen-bond donors (Lipinski definition) is 2. The molecule has 21 heavy (non-hydrogen) atoms. The first-order valence-corrected chi connectivity index (χ1v) is 6.57. The van der Waals surface area contributed by atoms with Crippen LogP contribution in [0.5, 0.6) is 5.75 Å². The third-order valence-corrected chi connectivity index (χ3v) is 3.40. The van der Waals surface area contributed by atoms with Gasteiger partial charge in [-0.2, -0.15) is 0 Å². The lowest BCUT2D eigenvalue weighted by Gasteiger charge is -2.26. The lowest BCUT2D eigenvalue weighted by Crippen LogP contribution is -2.33. The van der Waals surface area contributed by atoms with Gasteiger partial charge < -0.3 is 15.3 Å². The molecule has 0 saturated heterocycles. The molecule has 1 atom stereocenters. The van der Waals surface area contributed by atoms with E-state index >= 15 is 0 Å². The van der Waals surface area contributed by atoms with Crippen LogP contribution in [0.2, 0.25) is 0 Å². The monoisotopic (exact) mass is 288 g/mol. The number of para-hydroxylation sites is 2. The number of benzene rings is 2. The zero-order chi connectivity index (χ0) is 15.4. The van der Waals surface area contributed by atoms with Crippen LogP contribution in [-0.2, 0) is 0 Å². The Hall–Kier alpha value is -2.56. The number of nitrogens with zero attached hydrogens (tertiary/aromatic N) is 1. The fraction of sp³-hybridized carbons (Fsp3) is 0.188. The maximum atomic E-state index is 13.5. The number of aromatic hydroxyl groups is 1. The lowest BCUT2D eigenvalue weighted by molar-refractivity contribution is 0.207. The van der Waals surface area contributed by atoms with Gasteiger partial charge in [0.05, 0.1) is 11.7 Å². The molecule has 0 aliphatic carbocycles. The third kappa shape index (κ3) is 3.31. The second-order valence-electron chi connectivity index (χ2n) is 4.76. The average Bonchev–Trinajstić information content (AvgIpc) is 2.48. The maximum absolute atomic E-state index is 13.5. The standard InChI is InChI=1S/C16H17FN2O2/c1-11(12-7-3-6-10-15(12)20)19(2)16(21)18-14-9-5-4-8-13(14)17/h3-11,20H,1-2H3,(H,18,21)/t11-/m0/s1. The van der Waals surface area contributed by atoms with Crippen LogP contribution in [0, 0.1) is 5.82 Å². The summed E-state index contributed by atoms with van der Waals surface area (Å²) in [5, 5.41) is 12.3. The predicted molar refractivity (Wildman–Crippen MR) is 79.7 cm³/mol. The first kappa shape index (κ1) is 14.8. The summed E-state index contributed by atoms with van der Waals surface area (Å²) in [6, 6.07) is 12.0. The highest BCUT2D eigenvalue weighted by molar-refractivity contribution is 5.89. The Morgan fingerprint density at radius 2 is 1.81 bits per heavy atom. The minimum atomic E-state index is -0.491. The Morgan fingerprint density at radius 3 is 2.48 bits per heavy atom. The van der Waals surface area contributed by atoms with Crippen LogP contribution in [0.15, 0.2) is 48.5 Å². The Bertz CT molecular complexity index is 646. The minimum Gasteiger partial charge on any atom is -0.508 e. The van der Waals surface area contributed by atoms with Crippen molar-refractivity contribution < 1.29 is 14.3 Å². The summed E-state index contributed by atoms with van der Waals surface area (Å²) in [5.74, 6) is -0.370. The van der Waals surface area contributed by atoms with E-state index in [2.05, 4.69) is 5.32 Å². The van der Waals surface area contributed by atoms with Crippen molar-refractivity contribution in [3.05, 3.63) is 59.9 Å². The van der Waals surface area contributed by atoms with E-state index in [9.17, 15) is 14.3 Å². The number of amides is 2. The molecule has 0 saturated carbocycles. The van der Waals surface area contributed by atoms with Crippen LogP contribution in [0.3, 0.4) is 0 Å². The first-order chi connectivity index (χ1) is 10.0. The smallest absolute Gasteiger partial charge is 0.322 e. The van der Waals surface area contributed by atoms with Gasteiger partial charge in [0.25, 0.3) is 0 Å². The molecule has 110 valence electrons. The number of hydrogen-bond acceptors (Lipinski definition) is 2.